The predicted molar refractivity (Wildman–Crippen MR) is 55.2 cm³/mol. The van der Waals surface area contributed by atoms with Gasteiger partial charge in [-0.2, -0.15) is 0 Å². The second-order valence-electron chi connectivity index (χ2n) is 3.55. The zero-order chi connectivity index (χ0) is 14.5. The SMILES string of the molecule is NC(=O)CC(NC(N)(CC(=O)O)C(=O)O)C(=O)O. The summed E-state index contributed by atoms with van der Waals surface area (Å²) in [5.74, 6) is -5.88. The molecule has 0 radical (unpaired) electrons. The Bertz CT molecular complexity index is 383. The van der Waals surface area contributed by atoms with Crippen molar-refractivity contribution < 1.29 is 34.5 Å². The Morgan fingerprint density at radius 1 is 1.17 bits per heavy atom. The van der Waals surface area contributed by atoms with Gasteiger partial charge in [0.05, 0.1) is 12.8 Å². The van der Waals surface area contributed by atoms with Gasteiger partial charge in [-0.25, -0.2) is 4.79 Å². The summed E-state index contributed by atoms with van der Waals surface area (Å²) in [6.45, 7) is 0. The smallest absolute Gasteiger partial charge is 0.339 e. The van der Waals surface area contributed by atoms with Crippen LogP contribution >= 0.6 is 0 Å². The molecule has 2 unspecified atom stereocenters. The molecule has 0 aromatic carbocycles. The minimum absolute atomic E-state index is 0.721. The minimum atomic E-state index is -2.51. The number of carboxylic acids is 3. The van der Waals surface area contributed by atoms with Gasteiger partial charge < -0.3 is 26.8 Å². The fourth-order valence-corrected chi connectivity index (χ4v) is 1.14. The molecule has 18 heavy (non-hydrogen) atoms. The van der Waals surface area contributed by atoms with Gasteiger partial charge in [0.2, 0.25) is 5.91 Å². The maximum Gasteiger partial charge on any atom is 0.339 e. The van der Waals surface area contributed by atoms with E-state index in [1.807, 2.05) is 5.32 Å². The Hall–Kier alpha value is -2.20. The second-order valence-corrected chi connectivity index (χ2v) is 3.55. The molecule has 1 amide bonds. The number of primary amides is 1. The Balaban J connectivity index is 5.03. The molecule has 0 bridgehead atoms. The largest absolute Gasteiger partial charge is 0.481 e. The number of carboxylic acid groups (broad SMARTS) is 3. The van der Waals surface area contributed by atoms with Crippen molar-refractivity contribution in [2.45, 2.75) is 24.5 Å². The van der Waals surface area contributed by atoms with Crippen LogP contribution in [-0.4, -0.2) is 50.8 Å². The number of carbonyl (C=O) groups is 4. The van der Waals surface area contributed by atoms with Gasteiger partial charge in [0.15, 0.2) is 5.66 Å². The molecule has 8 N–H and O–H groups in total. The van der Waals surface area contributed by atoms with Gasteiger partial charge >= 0.3 is 17.9 Å². The highest BCUT2D eigenvalue weighted by Gasteiger charge is 2.40. The van der Waals surface area contributed by atoms with Crippen molar-refractivity contribution in [3.8, 4) is 0 Å². The van der Waals surface area contributed by atoms with Crippen LogP contribution in [0.5, 0.6) is 0 Å². The van der Waals surface area contributed by atoms with Gasteiger partial charge in [-0.05, 0) is 0 Å². The lowest BCUT2D eigenvalue weighted by Gasteiger charge is -2.27. The number of hydrogen-bond donors (Lipinski definition) is 6. The number of hydrogen-bond acceptors (Lipinski definition) is 6. The highest BCUT2D eigenvalue weighted by molar-refractivity contribution is 5.87. The van der Waals surface area contributed by atoms with Gasteiger partial charge in [0.1, 0.15) is 6.04 Å². The molecule has 0 saturated carbocycles. The highest BCUT2D eigenvalue weighted by atomic mass is 16.4. The van der Waals surface area contributed by atoms with Gasteiger partial charge in [-0.3, -0.25) is 19.7 Å². The van der Waals surface area contributed by atoms with Gasteiger partial charge in [-0.1, -0.05) is 0 Å². The normalized spacial score (nSPS) is 15.4. The van der Waals surface area contributed by atoms with E-state index in [1.54, 1.807) is 0 Å². The molecule has 0 saturated heterocycles. The Labute approximate surface area is 101 Å². The summed E-state index contributed by atoms with van der Waals surface area (Å²) < 4.78 is 0. The maximum absolute atomic E-state index is 10.8. The van der Waals surface area contributed by atoms with Crippen LogP contribution in [0.1, 0.15) is 12.8 Å². The first-order valence-electron chi connectivity index (χ1n) is 4.61. The van der Waals surface area contributed by atoms with Crippen molar-refractivity contribution in [2.75, 3.05) is 0 Å². The van der Waals surface area contributed by atoms with Crippen LogP contribution in [0.25, 0.3) is 0 Å². The topological polar surface area (TPSA) is 193 Å². The third kappa shape index (κ3) is 4.76. The summed E-state index contributed by atoms with van der Waals surface area (Å²) in [4.78, 5) is 42.7. The lowest BCUT2D eigenvalue weighted by atomic mass is 10.0. The van der Waals surface area contributed by atoms with Crippen molar-refractivity contribution in [1.82, 2.24) is 5.32 Å². The Morgan fingerprint density at radius 2 is 1.67 bits per heavy atom. The number of nitrogens with two attached hydrogens (primary N) is 2. The highest BCUT2D eigenvalue weighted by Crippen LogP contribution is 2.07. The summed E-state index contributed by atoms with van der Waals surface area (Å²) in [6.07, 6.45) is -1.79. The summed E-state index contributed by atoms with van der Waals surface area (Å²) >= 11 is 0. The summed E-state index contributed by atoms with van der Waals surface area (Å²) in [5, 5.41) is 27.9. The first kappa shape index (κ1) is 15.8. The zero-order valence-corrected chi connectivity index (χ0v) is 9.12. The summed E-state index contributed by atoms with van der Waals surface area (Å²) in [5.41, 5.74) is 7.52. The second kappa shape index (κ2) is 5.93. The van der Waals surface area contributed by atoms with Crippen molar-refractivity contribution in [3.05, 3.63) is 0 Å². The minimum Gasteiger partial charge on any atom is -0.481 e. The van der Waals surface area contributed by atoms with Crippen LogP contribution in [0.3, 0.4) is 0 Å². The molecule has 0 rings (SSSR count). The lowest BCUT2D eigenvalue weighted by Crippen LogP contribution is -2.65. The van der Waals surface area contributed by atoms with Crippen LogP contribution in [0, 0.1) is 0 Å². The third-order valence-electron chi connectivity index (χ3n) is 1.95. The average molecular weight is 263 g/mol. The van der Waals surface area contributed by atoms with Gasteiger partial charge in [0.25, 0.3) is 0 Å². The zero-order valence-electron chi connectivity index (χ0n) is 9.12. The van der Waals surface area contributed by atoms with E-state index < -0.39 is 48.4 Å². The van der Waals surface area contributed by atoms with Crippen molar-refractivity contribution in [1.29, 1.82) is 0 Å². The first-order valence-corrected chi connectivity index (χ1v) is 4.61. The van der Waals surface area contributed by atoms with E-state index in [0.29, 0.717) is 0 Å². The lowest BCUT2D eigenvalue weighted by molar-refractivity contribution is -0.153. The standard InChI is InChI=1S/C8H13N3O7/c9-4(12)1-3(6(15)16)11-8(10,7(17)18)2-5(13)14/h3,11H,1-2,10H2,(H2,9,12)(H,13,14)(H,15,16)(H,17,18). The van der Waals surface area contributed by atoms with E-state index in [2.05, 4.69) is 0 Å². The molecular formula is C8H13N3O7. The van der Waals surface area contributed by atoms with E-state index in [4.69, 9.17) is 26.8 Å². The predicted octanol–water partition coefficient (Wildman–Crippen LogP) is -2.88. The van der Waals surface area contributed by atoms with Crippen LogP contribution < -0.4 is 16.8 Å². The molecule has 102 valence electrons. The summed E-state index contributed by atoms with van der Waals surface area (Å²) in [6, 6.07) is -1.69. The molecular weight excluding hydrogens is 250 g/mol. The van der Waals surface area contributed by atoms with E-state index in [0.717, 1.165) is 0 Å². The third-order valence-corrected chi connectivity index (χ3v) is 1.95. The number of carbonyl (C=O) groups excluding carboxylic acids is 1. The number of amides is 1. The molecule has 0 aromatic heterocycles. The van der Waals surface area contributed by atoms with Crippen molar-refractivity contribution in [2.24, 2.45) is 11.5 Å². The number of rotatable bonds is 8. The number of nitrogens with one attached hydrogen (secondary N) is 1. The monoisotopic (exact) mass is 263 g/mol. The van der Waals surface area contributed by atoms with Crippen molar-refractivity contribution >= 4 is 23.8 Å². The Morgan fingerprint density at radius 3 is 1.94 bits per heavy atom. The van der Waals surface area contributed by atoms with E-state index in [-0.39, 0.29) is 0 Å². The van der Waals surface area contributed by atoms with Crippen LogP contribution in [0.4, 0.5) is 0 Å². The van der Waals surface area contributed by atoms with Crippen LogP contribution in [0.15, 0.2) is 0 Å². The quantitative estimate of drug-likeness (QED) is 0.249. The van der Waals surface area contributed by atoms with Crippen molar-refractivity contribution in [3.63, 3.8) is 0 Å². The van der Waals surface area contributed by atoms with E-state index in [1.165, 1.54) is 0 Å². The van der Waals surface area contributed by atoms with Crippen LogP contribution in [-0.2, 0) is 19.2 Å². The van der Waals surface area contributed by atoms with Gasteiger partial charge in [0, 0.05) is 0 Å². The molecule has 0 heterocycles. The molecule has 0 aromatic rings. The molecule has 0 aliphatic heterocycles. The van der Waals surface area contributed by atoms with E-state index in [9.17, 15) is 19.2 Å². The fraction of sp³-hybridized carbons (Fsp3) is 0.500. The molecule has 0 aliphatic carbocycles. The average Bonchev–Trinajstić information content (AvgIpc) is 2.13. The molecule has 0 fully saturated rings. The molecule has 10 nitrogen and oxygen atoms in total. The summed E-state index contributed by atoms with van der Waals surface area (Å²) in [7, 11) is 0. The first-order chi connectivity index (χ1) is 8.08. The fourth-order valence-electron chi connectivity index (χ4n) is 1.14. The molecule has 0 spiro atoms. The van der Waals surface area contributed by atoms with Crippen LogP contribution in [0.2, 0.25) is 0 Å². The molecule has 0 aliphatic rings. The Kier molecular flexibility index (Phi) is 5.21. The molecule has 10 heteroatoms. The van der Waals surface area contributed by atoms with Gasteiger partial charge in [-0.15, -0.1) is 0 Å². The van der Waals surface area contributed by atoms with E-state index >= 15 is 0 Å². The number of aliphatic carboxylic acids is 3. The maximum atomic E-state index is 10.8. The molecule has 2 atom stereocenters.